The first-order valence-electron chi connectivity index (χ1n) is 11.2. The Balaban J connectivity index is 1.34. The van der Waals surface area contributed by atoms with Crippen LogP contribution in [0, 0.1) is 0 Å². The van der Waals surface area contributed by atoms with Crippen molar-refractivity contribution in [3.63, 3.8) is 0 Å². The van der Waals surface area contributed by atoms with Gasteiger partial charge in [-0.05, 0) is 55.5 Å². The summed E-state index contributed by atoms with van der Waals surface area (Å²) in [4.78, 5) is 26.7. The number of morpholine rings is 1. The zero-order chi connectivity index (χ0) is 23.3. The molecule has 1 aromatic carbocycles. The third-order valence-electron chi connectivity index (χ3n) is 5.76. The third-order valence-corrected chi connectivity index (χ3v) is 8.87. The van der Waals surface area contributed by atoms with E-state index in [1.165, 1.54) is 51.1 Å². The molecular weight excluding hydrogens is 464 g/mol. The number of nitrogens with zero attached hydrogens (tertiary/aromatic N) is 1. The molecule has 1 aliphatic heterocycles. The summed E-state index contributed by atoms with van der Waals surface area (Å²) in [6.45, 7) is 0.854. The highest BCUT2D eigenvalue weighted by Crippen LogP contribution is 2.29. The molecule has 178 valence electrons. The van der Waals surface area contributed by atoms with Gasteiger partial charge in [-0.2, -0.15) is 4.31 Å². The summed E-state index contributed by atoms with van der Waals surface area (Å²) in [6, 6.07) is 7.95. The van der Waals surface area contributed by atoms with E-state index in [4.69, 9.17) is 9.47 Å². The predicted molar refractivity (Wildman–Crippen MR) is 125 cm³/mol. The smallest absolute Gasteiger partial charge is 0.348 e. The summed E-state index contributed by atoms with van der Waals surface area (Å²) in [5, 5.41) is 2.61. The van der Waals surface area contributed by atoms with Crippen molar-refractivity contribution in [3.8, 4) is 0 Å². The number of amides is 1. The maximum absolute atomic E-state index is 12.8. The Bertz CT molecular complexity index is 1080. The van der Waals surface area contributed by atoms with E-state index in [0.29, 0.717) is 36.9 Å². The number of aryl methyl sites for hydroxylation is 2. The van der Waals surface area contributed by atoms with Crippen molar-refractivity contribution >= 4 is 38.9 Å². The molecule has 4 rings (SSSR count). The SMILES string of the molecule is O=C(COC(=O)c1cc2c(s1)CCCCCC2)Nc1cccc(S(=O)(=O)N2CCOCC2)c1. The van der Waals surface area contributed by atoms with Crippen LogP contribution in [0.1, 0.15) is 45.8 Å². The number of rotatable bonds is 6. The lowest BCUT2D eigenvalue weighted by molar-refractivity contribution is -0.119. The van der Waals surface area contributed by atoms with Crippen LogP contribution >= 0.6 is 11.3 Å². The molecule has 1 fully saturated rings. The highest BCUT2D eigenvalue weighted by atomic mass is 32.2. The van der Waals surface area contributed by atoms with E-state index in [0.717, 1.165) is 25.7 Å². The zero-order valence-corrected chi connectivity index (χ0v) is 20.0. The minimum Gasteiger partial charge on any atom is -0.451 e. The third kappa shape index (κ3) is 6.00. The van der Waals surface area contributed by atoms with Crippen molar-refractivity contribution < 1.29 is 27.5 Å². The van der Waals surface area contributed by atoms with E-state index in [2.05, 4.69) is 5.32 Å². The summed E-state index contributed by atoms with van der Waals surface area (Å²) >= 11 is 1.45. The van der Waals surface area contributed by atoms with Gasteiger partial charge >= 0.3 is 5.97 Å². The van der Waals surface area contributed by atoms with Gasteiger partial charge in [-0.3, -0.25) is 4.79 Å². The Labute approximate surface area is 197 Å². The summed E-state index contributed by atoms with van der Waals surface area (Å²) in [6.07, 6.45) is 6.64. The maximum atomic E-state index is 12.8. The van der Waals surface area contributed by atoms with E-state index in [-0.39, 0.29) is 4.90 Å². The molecule has 1 saturated heterocycles. The number of ether oxygens (including phenoxy) is 2. The average Bonchev–Trinajstić information content (AvgIpc) is 3.20. The van der Waals surface area contributed by atoms with Gasteiger partial charge in [0.2, 0.25) is 10.0 Å². The highest BCUT2D eigenvalue weighted by molar-refractivity contribution is 7.89. The molecule has 0 atom stereocenters. The summed E-state index contributed by atoms with van der Waals surface area (Å²) in [5.41, 5.74) is 1.54. The van der Waals surface area contributed by atoms with Gasteiger partial charge in [0.1, 0.15) is 4.88 Å². The number of thiophene rings is 1. The first kappa shape index (κ1) is 23.9. The Morgan fingerprint density at radius 3 is 2.61 bits per heavy atom. The van der Waals surface area contributed by atoms with Crippen molar-refractivity contribution in [2.75, 3.05) is 38.2 Å². The fraction of sp³-hybridized carbons (Fsp3) is 0.478. The van der Waals surface area contributed by atoms with Gasteiger partial charge in [0.15, 0.2) is 6.61 Å². The fourth-order valence-electron chi connectivity index (χ4n) is 4.01. The van der Waals surface area contributed by atoms with Crippen molar-refractivity contribution in [2.24, 2.45) is 0 Å². The molecule has 1 aliphatic carbocycles. The van der Waals surface area contributed by atoms with Crippen molar-refractivity contribution in [1.29, 1.82) is 0 Å². The normalized spacial score (nSPS) is 17.5. The molecule has 0 saturated carbocycles. The predicted octanol–water partition coefficient (Wildman–Crippen LogP) is 3.22. The number of carbonyl (C=O) groups is 2. The Morgan fingerprint density at radius 2 is 1.82 bits per heavy atom. The average molecular weight is 493 g/mol. The summed E-state index contributed by atoms with van der Waals surface area (Å²) in [7, 11) is -3.67. The second-order valence-corrected chi connectivity index (χ2v) is 11.2. The minimum absolute atomic E-state index is 0.0928. The van der Waals surface area contributed by atoms with Gasteiger partial charge in [0.05, 0.1) is 18.1 Å². The number of benzene rings is 1. The molecular formula is C23H28N2O6S2. The van der Waals surface area contributed by atoms with E-state index in [1.54, 1.807) is 12.1 Å². The molecule has 33 heavy (non-hydrogen) atoms. The molecule has 10 heteroatoms. The Kier molecular flexibility index (Phi) is 7.79. The molecule has 0 spiro atoms. The van der Waals surface area contributed by atoms with E-state index in [1.807, 2.05) is 6.07 Å². The highest BCUT2D eigenvalue weighted by Gasteiger charge is 2.26. The van der Waals surface area contributed by atoms with Crippen molar-refractivity contribution in [3.05, 3.63) is 45.6 Å². The van der Waals surface area contributed by atoms with E-state index in [9.17, 15) is 18.0 Å². The second-order valence-electron chi connectivity index (χ2n) is 8.14. The van der Waals surface area contributed by atoms with Crippen LogP contribution in [-0.2, 0) is 37.1 Å². The molecule has 1 aromatic heterocycles. The number of carbonyl (C=O) groups excluding carboxylic acids is 2. The standard InChI is InChI=1S/C23H28N2O6S2/c26-22(16-31-23(27)21-14-17-6-3-1-2-4-9-20(17)32-21)24-18-7-5-8-19(15-18)33(28,29)25-10-12-30-13-11-25/h5,7-8,14-15H,1-4,6,9-13,16H2,(H,24,26). The second kappa shape index (κ2) is 10.8. The van der Waals surface area contributed by atoms with Gasteiger partial charge < -0.3 is 14.8 Å². The van der Waals surface area contributed by atoms with Gasteiger partial charge in [0.25, 0.3) is 5.91 Å². The molecule has 8 nitrogen and oxygen atoms in total. The first-order chi connectivity index (χ1) is 15.9. The Morgan fingerprint density at radius 1 is 1.06 bits per heavy atom. The van der Waals surface area contributed by atoms with Crippen LogP contribution in [0.2, 0.25) is 0 Å². The minimum atomic E-state index is -3.67. The van der Waals surface area contributed by atoms with Gasteiger partial charge in [-0.15, -0.1) is 11.3 Å². The quantitative estimate of drug-likeness (QED) is 0.622. The maximum Gasteiger partial charge on any atom is 0.348 e. The first-order valence-corrected chi connectivity index (χ1v) is 13.5. The van der Waals surface area contributed by atoms with Crippen LogP contribution < -0.4 is 5.32 Å². The molecule has 2 heterocycles. The number of nitrogens with one attached hydrogen (secondary N) is 1. The molecule has 0 bridgehead atoms. The molecule has 1 amide bonds. The van der Waals surface area contributed by atoms with Gasteiger partial charge in [-0.25, -0.2) is 13.2 Å². The number of esters is 1. The molecule has 2 aromatic rings. The number of sulfonamides is 1. The topological polar surface area (TPSA) is 102 Å². The van der Waals surface area contributed by atoms with Crippen molar-refractivity contribution in [2.45, 2.75) is 43.4 Å². The molecule has 2 aliphatic rings. The monoisotopic (exact) mass is 492 g/mol. The molecule has 1 N–H and O–H groups in total. The van der Waals surface area contributed by atoms with Crippen LogP contribution in [-0.4, -0.2) is 57.5 Å². The van der Waals surface area contributed by atoms with Gasteiger partial charge in [0, 0.05) is 23.7 Å². The van der Waals surface area contributed by atoms with Crippen LogP contribution in [0.25, 0.3) is 0 Å². The van der Waals surface area contributed by atoms with Crippen LogP contribution in [0.3, 0.4) is 0 Å². The lowest BCUT2D eigenvalue weighted by Gasteiger charge is -2.26. The van der Waals surface area contributed by atoms with E-state index >= 15 is 0 Å². The fourth-order valence-corrected chi connectivity index (χ4v) is 6.62. The van der Waals surface area contributed by atoms with Crippen LogP contribution in [0.4, 0.5) is 5.69 Å². The number of hydrogen-bond acceptors (Lipinski definition) is 7. The lowest BCUT2D eigenvalue weighted by atomic mass is 10.00. The van der Waals surface area contributed by atoms with Crippen molar-refractivity contribution in [1.82, 2.24) is 4.31 Å². The number of fused-ring (bicyclic) bond motifs is 1. The molecule has 0 radical (unpaired) electrons. The number of anilines is 1. The van der Waals surface area contributed by atoms with Gasteiger partial charge in [-0.1, -0.05) is 18.9 Å². The van der Waals surface area contributed by atoms with Crippen LogP contribution in [0.5, 0.6) is 0 Å². The summed E-state index contributed by atoms with van der Waals surface area (Å²) in [5.74, 6) is -1.04. The largest absolute Gasteiger partial charge is 0.451 e. The lowest BCUT2D eigenvalue weighted by Crippen LogP contribution is -2.40. The molecule has 0 unspecified atom stereocenters. The Hall–Kier alpha value is -2.27. The summed E-state index contributed by atoms with van der Waals surface area (Å²) < 4.78 is 37.4. The number of hydrogen-bond donors (Lipinski definition) is 1. The van der Waals surface area contributed by atoms with E-state index < -0.39 is 28.5 Å². The van der Waals surface area contributed by atoms with Crippen LogP contribution in [0.15, 0.2) is 35.2 Å². The zero-order valence-electron chi connectivity index (χ0n) is 18.4.